The van der Waals surface area contributed by atoms with Gasteiger partial charge in [0.05, 0.1) is 0 Å². The second-order valence-corrected chi connectivity index (χ2v) is 4.66. The van der Waals surface area contributed by atoms with Gasteiger partial charge in [0.15, 0.2) is 0 Å². The van der Waals surface area contributed by atoms with E-state index in [2.05, 4.69) is 5.32 Å². The van der Waals surface area contributed by atoms with Crippen LogP contribution < -0.4 is 5.32 Å². The highest BCUT2D eigenvalue weighted by Gasteiger charge is 2.33. The molecule has 1 saturated heterocycles. The van der Waals surface area contributed by atoms with Crippen molar-refractivity contribution in [1.29, 1.82) is 0 Å². The molecule has 19 heavy (non-hydrogen) atoms. The monoisotopic (exact) mass is 262 g/mol. The summed E-state index contributed by atoms with van der Waals surface area (Å²) in [5.41, 5.74) is 1.15. The van der Waals surface area contributed by atoms with E-state index in [0.717, 1.165) is 18.4 Å². The van der Waals surface area contributed by atoms with E-state index in [1.54, 1.807) is 0 Å². The Bertz CT molecular complexity index is 447. The average molecular weight is 262 g/mol. The van der Waals surface area contributed by atoms with Crippen molar-refractivity contribution in [3.63, 3.8) is 0 Å². The minimum Gasteiger partial charge on any atom is -0.480 e. The number of likely N-dealkylation sites (tertiary alicyclic amines) is 1. The Balaban J connectivity index is 1.80. The number of carbonyl (C=O) groups excluding carboxylic acids is 1. The van der Waals surface area contributed by atoms with Gasteiger partial charge in [-0.1, -0.05) is 30.3 Å². The van der Waals surface area contributed by atoms with E-state index in [-0.39, 0.29) is 6.03 Å². The third-order valence-electron chi connectivity index (χ3n) is 3.33. The Kier molecular flexibility index (Phi) is 4.39. The van der Waals surface area contributed by atoms with Gasteiger partial charge in [0.1, 0.15) is 6.04 Å². The molecule has 1 heterocycles. The number of aliphatic carboxylic acids is 1. The third kappa shape index (κ3) is 3.47. The zero-order valence-electron chi connectivity index (χ0n) is 10.7. The fraction of sp³-hybridized carbons (Fsp3) is 0.429. The minimum absolute atomic E-state index is 0.277. The van der Waals surface area contributed by atoms with E-state index in [1.807, 2.05) is 30.3 Å². The van der Waals surface area contributed by atoms with Gasteiger partial charge in [-0.25, -0.2) is 9.59 Å². The molecule has 102 valence electrons. The number of nitrogens with one attached hydrogen (secondary N) is 1. The van der Waals surface area contributed by atoms with Crippen molar-refractivity contribution >= 4 is 12.0 Å². The van der Waals surface area contributed by atoms with E-state index in [9.17, 15) is 9.59 Å². The quantitative estimate of drug-likeness (QED) is 0.863. The summed E-state index contributed by atoms with van der Waals surface area (Å²) in [5.74, 6) is -0.921. The standard InChI is InChI=1S/C14H18N2O3/c17-13(18)12-7-4-10-16(12)14(19)15-9-8-11-5-2-1-3-6-11/h1-3,5-6,12H,4,7-10H2,(H,15,19)(H,17,18)/t12-/m0/s1. The molecule has 5 heteroatoms. The van der Waals surface area contributed by atoms with Crippen molar-refractivity contribution in [1.82, 2.24) is 10.2 Å². The maximum atomic E-state index is 11.9. The summed E-state index contributed by atoms with van der Waals surface area (Å²) in [6.07, 6.45) is 2.04. The van der Waals surface area contributed by atoms with Gasteiger partial charge in [-0.3, -0.25) is 0 Å². The van der Waals surface area contributed by atoms with Crippen LogP contribution in [-0.2, 0) is 11.2 Å². The Morgan fingerprint density at radius 3 is 2.74 bits per heavy atom. The van der Waals surface area contributed by atoms with E-state index in [0.29, 0.717) is 19.5 Å². The van der Waals surface area contributed by atoms with Crippen molar-refractivity contribution in [2.75, 3.05) is 13.1 Å². The highest BCUT2D eigenvalue weighted by molar-refractivity contribution is 5.83. The Morgan fingerprint density at radius 2 is 2.05 bits per heavy atom. The summed E-state index contributed by atoms with van der Waals surface area (Å²) in [6, 6.07) is 8.92. The number of hydrogen-bond acceptors (Lipinski definition) is 2. The van der Waals surface area contributed by atoms with Crippen LogP contribution in [-0.4, -0.2) is 41.1 Å². The predicted octanol–water partition coefficient (Wildman–Crippen LogP) is 1.49. The Morgan fingerprint density at radius 1 is 1.32 bits per heavy atom. The van der Waals surface area contributed by atoms with Gasteiger partial charge in [0, 0.05) is 13.1 Å². The van der Waals surface area contributed by atoms with Gasteiger partial charge in [-0.05, 0) is 24.8 Å². The van der Waals surface area contributed by atoms with Gasteiger partial charge >= 0.3 is 12.0 Å². The van der Waals surface area contributed by atoms with Crippen LogP contribution in [0.25, 0.3) is 0 Å². The lowest BCUT2D eigenvalue weighted by molar-refractivity contribution is -0.141. The van der Waals surface area contributed by atoms with Gasteiger partial charge in [0.25, 0.3) is 0 Å². The molecular formula is C14H18N2O3. The second kappa shape index (κ2) is 6.22. The molecule has 2 amide bonds. The molecule has 0 bridgehead atoms. The zero-order chi connectivity index (χ0) is 13.7. The Hall–Kier alpha value is -2.04. The number of benzene rings is 1. The molecular weight excluding hydrogens is 244 g/mol. The van der Waals surface area contributed by atoms with Crippen LogP contribution in [0.4, 0.5) is 4.79 Å². The number of carboxylic acids is 1. The lowest BCUT2D eigenvalue weighted by Gasteiger charge is -2.21. The largest absolute Gasteiger partial charge is 0.480 e. The maximum absolute atomic E-state index is 11.9. The number of rotatable bonds is 4. The van der Waals surface area contributed by atoms with Crippen LogP contribution in [0.5, 0.6) is 0 Å². The third-order valence-corrected chi connectivity index (χ3v) is 3.33. The number of hydrogen-bond donors (Lipinski definition) is 2. The molecule has 1 aromatic carbocycles. The summed E-state index contributed by atoms with van der Waals surface area (Å²) >= 11 is 0. The van der Waals surface area contributed by atoms with E-state index >= 15 is 0 Å². The molecule has 2 N–H and O–H groups in total. The summed E-state index contributed by atoms with van der Waals surface area (Å²) in [6.45, 7) is 1.04. The molecule has 5 nitrogen and oxygen atoms in total. The molecule has 0 spiro atoms. The molecule has 1 aliphatic heterocycles. The van der Waals surface area contributed by atoms with Crippen LogP contribution >= 0.6 is 0 Å². The van der Waals surface area contributed by atoms with Gasteiger partial charge in [0.2, 0.25) is 0 Å². The molecule has 0 aliphatic carbocycles. The number of carboxylic acid groups (broad SMARTS) is 1. The molecule has 1 atom stereocenters. The van der Waals surface area contributed by atoms with Crippen LogP contribution in [0.3, 0.4) is 0 Å². The summed E-state index contributed by atoms with van der Waals surface area (Å²) in [5, 5.41) is 11.8. The molecule has 1 aromatic rings. The van der Waals surface area contributed by atoms with Crippen LogP contribution in [0.2, 0.25) is 0 Å². The summed E-state index contributed by atoms with van der Waals surface area (Å²) in [7, 11) is 0. The number of nitrogens with zero attached hydrogens (tertiary/aromatic N) is 1. The molecule has 0 saturated carbocycles. The molecule has 0 unspecified atom stereocenters. The smallest absolute Gasteiger partial charge is 0.326 e. The highest BCUT2D eigenvalue weighted by atomic mass is 16.4. The fourth-order valence-electron chi connectivity index (χ4n) is 2.33. The first-order chi connectivity index (χ1) is 9.18. The fourth-order valence-corrected chi connectivity index (χ4v) is 2.33. The van der Waals surface area contributed by atoms with E-state index in [4.69, 9.17) is 5.11 Å². The van der Waals surface area contributed by atoms with E-state index < -0.39 is 12.0 Å². The van der Waals surface area contributed by atoms with Gasteiger partial charge in [-0.2, -0.15) is 0 Å². The Labute approximate surface area is 112 Å². The number of urea groups is 1. The zero-order valence-corrected chi connectivity index (χ0v) is 10.7. The molecule has 0 aromatic heterocycles. The lowest BCUT2D eigenvalue weighted by Crippen LogP contribution is -2.46. The highest BCUT2D eigenvalue weighted by Crippen LogP contribution is 2.17. The van der Waals surface area contributed by atoms with Crippen LogP contribution in [0.1, 0.15) is 18.4 Å². The van der Waals surface area contributed by atoms with Gasteiger partial charge < -0.3 is 15.3 Å². The summed E-state index contributed by atoms with van der Waals surface area (Å²) in [4.78, 5) is 24.3. The first kappa shape index (κ1) is 13.4. The molecule has 2 rings (SSSR count). The van der Waals surface area contributed by atoms with Crippen molar-refractivity contribution in [3.8, 4) is 0 Å². The predicted molar refractivity (Wildman–Crippen MR) is 70.9 cm³/mol. The summed E-state index contributed by atoms with van der Waals surface area (Å²) < 4.78 is 0. The van der Waals surface area contributed by atoms with Crippen molar-refractivity contribution in [2.24, 2.45) is 0 Å². The SMILES string of the molecule is O=C(O)[C@@H]1CCCN1C(=O)NCCc1ccccc1. The number of carbonyl (C=O) groups is 2. The average Bonchev–Trinajstić information content (AvgIpc) is 2.89. The maximum Gasteiger partial charge on any atom is 0.326 e. The molecule has 0 radical (unpaired) electrons. The van der Waals surface area contributed by atoms with Crippen LogP contribution in [0.15, 0.2) is 30.3 Å². The lowest BCUT2D eigenvalue weighted by atomic mass is 10.1. The first-order valence-corrected chi connectivity index (χ1v) is 6.49. The van der Waals surface area contributed by atoms with Crippen LogP contribution in [0, 0.1) is 0 Å². The van der Waals surface area contributed by atoms with Crippen molar-refractivity contribution < 1.29 is 14.7 Å². The second-order valence-electron chi connectivity index (χ2n) is 4.66. The normalized spacial score (nSPS) is 18.3. The topological polar surface area (TPSA) is 69.6 Å². The number of amides is 2. The van der Waals surface area contributed by atoms with E-state index in [1.165, 1.54) is 4.90 Å². The minimum atomic E-state index is -0.921. The van der Waals surface area contributed by atoms with Gasteiger partial charge in [-0.15, -0.1) is 0 Å². The molecule has 1 aliphatic rings. The van der Waals surface area contributed by atoms with Crippen molar-refractivity contribution in [3.05, 3.63) is 35.9 Å². The first-order valence-electron chi connectivity index (χ1n) is 6.49. The molecule has 1 fully saturated rings. The van der Waals surface area contributed by atoms with Crippen molar-refractivity contribution in [2.45, 2.75) is 25.3 Å².